The van der Waals surface area contributed by atoms with Crippen molar-refractivity contribution >= 4 is 6.08 Å². The average Bonchev–Trinajstić information content (AvgIpc) is 2.19. The summed E-state index contributed by atoms with van der Waals surface area (Å²) >= 11 is 0. The maximum Gasteiger partial charge on any atom is 0.0932 e. The molecular formula is C13H16O. The van der Waals surface area contributed by atoms with Crippen LogP contribution in [-0.4, -0.2) is 11.2 Å². The van der Waals surface area contributed by atoms with Crippen LogP contribution in [0.5, 0.6) is 0 Å². The van der Waals surface area contributed by atoms with Crippen molar-refractivity contribution in [1.82, 2.24) is 0 Å². The minimum Gasteiger partial charge on any atom is -0.385 e. The Morgan fingerprint density at radius 2 is 1.93 bits per heavy atom. The first-order chi connectivity index (χ1) is 6.74. The first-order valence-corrected chi connectivity index (χ1v) is 4.78. The molecule has 0 saturated heterocycles. The number of benzene rings is 1. The summed E-state index contributed by atoms with van der Waals surface area (Å²) in [5, 5.41) is 9.62. The van der Waals surface area contributed by atoms with Crippen molar-refractivity contribution in [3.05, 3.63) is 53.6 Å². The Morgan fingerprint density at radius 3 is 2.50 bits per heavy atom. The maximum atomic E-state index is 9.62. The third kappa shape index (κ3) is 3.19. The standard InChI is InChI=1S/C13H16O/c1-3-7-13(14)11(2)10-12-8-5-4-6-9-12/h3-10,13-14H,1-2H3/b7-3+,11-10-. The molecule has 1 N–H and O–H groups in total. The van der Waals surface area contributed by atoms with Crippen LogP contribution in [0.15, 0.2) is 48.1 Å². The summed E-state index contributed by atoms with van der Waals surface area (Å²) in [5.74, 6) is 0. The van der Waals surface area contributed by atoms with Gasteiger partial charge in [0.05, 0.1) is 6.10 Å². The van der Waals surface area contributed by atoms with E-state index >= 15 is 0 Å². The van der Waals surface area contributed by atoms with Crippen LogP contribution >= 0.6 is 0 Å². The fraction of sp³-hybridized carbons (Fsp3) is 0.231. The summed E-state index contributed by atoms with van der Waals surface area (Å²) in [7, 11) is 0. The highest BCUT2D eigenvalue weighted by Gasteiger charge is 2.00. The number of aliphatic hydroxyl groups is 1. The van der Waals surface area contributed by atoms with E-state index in [0.717, 1.165) is 11.1 Å². The zero-order chi connectivity index (χ0) is 10.4. The van der Waals surface area contributed by atoms with E-state index < -0.39 is 6.10 Å². The van der Waals surface area contributed by atoms with E-state index in [2.05, 4.69) is 0 Å². The molecule has 1 nitrogen and oxygen atoms in total. The van der Waals surface area contributed by atoms with Gasteiger partial charge in [0, 0.05) is 0 Å². The van der Waals surface area contributed by atoms with Crippen LogP contribution < -0.4 is 0 Å². The summed E-state index contributed by atoms with van der Waals surface area (Å²) in [4.78, 5) is 0. The SMILES string of the molecule is C/C=C/C(O)/C(C)=C\c1ccccc1. The molecule has 0 radical (unpaired) electrons. The molecule has 0 aromatic heterocycles. The number of allylic oxidation sites excluding steroid dienone is 1. The number of rotatable bonds is 3. The van der Waals surface area contributed by atoms with Crippen molar-refractivity contribution in [2.75, 3.05) is 0 Å². The van der Waals surface area contributed by atoms with Gasteiger partial charge in [-0.05, 0) is 25.0 Å². The molecule has 0 heterocycles. The van der Waals surface area contributed by atoms with Gasteiger partial charge in [0.1, 0.15) is 0 Å². The van der Waals surface area contributed by atoms with E-state index in [4.69, 9.17) is 0 Å². The maximum absolute atomic E-state index is 9.62. The minimum absolute atomic E-state index is 0.472. The van der Waals surface area contributed by atoms with Crippen LogP contribution in [0.3, 0.4) is 0 Å². The molecule has 0 amide bonds. The van der Waals surface area contributed by atoms with Crippen LogP contribution in [0, 0.1) is 0 Å². The number of hydrogen-bond donors (Lipinski definition) is 1. The molecule has 0 saturated carbocycles. The van der Waals surface area contributed by atoms with E-state index in [1.54, 1.807) is 6.08 Å². The van der Waals surface area contributed by atoms with Crippen LogP contribution in [0.2, 0.25) is 0 Å². The molecule has 1 atom stereocenters. The van der Waals surface area contributed by atoms with Crippen molar-refractivity contribution in [2.45, 2.75) is 20.0 Å². The molecule has 1 aromatic carbocycles. The average molecular weight is 188 g/mol. The summed E-state index contributed by atoms with van der Waals surface area (Å²) < 4.78 is 0. The summed E-state index contributed by atoms with van der Waals surface area (Å²) in [6, 6.07) is 10.00. The number of hydrogen-bond acceptors (Lipinski definition) is 1. The van der Waals surface area contributed by atoms with Crippen molar-refractivity contribution < 1.29 is 5.11 Å². The summed E-state index contributed by atoms with van der Waals surface area (Å²) in [5.41, 5.74) is 2.07. The highest BCUT2D eigenvalue weighted by Crippen LogP contribution is 2.10. The van der Waals surface area contributed by atoms with Crippen LogP contribution in [0.4, 0.5) is 0 Å². The lowest BCUT2D eigenvalue weighted by Crippen LogP contribution is -2.02. The van der Waals surface area contributed by atoms with Crippen molar-refractivity contribution in [3.63, 3.8) is 0 Å². The third-order valence-electron chi connectivity index (χ3n) is 2.04. The minimum atomic E-state index is -0.472. The first-order valence-electron chi connectivity index (χ1n) is 4.78. The molecular weight excluding hydrogens is 172 g/mol. The lowest BCUT2D eigenvalue weighted by molar-refractivity contribution is 0.260. The zero-order valence-electron chi connectivity index (χ0n) is 8.64. The largest absolute Gasteiger partial charge is 0.385 e. The van der Waals surface area contributed by atoms with Crippen molar-refractivity contribution in [1.29, 1.82) is 0 Å². The molecule has 0 spiro atoms. The lowest BCUT2D eigenvalue weighted by Gasteiger charge is -2.05. The Kier molecular flexibility index (Phi) is 4.14. The second-order valence-electron chi connectivity index (χ2n) is 3.27. The second-order valence-corrected chi connectivity index (χ2v) is 3.27. The van der Waals surface area contributed by atoms with Crippen LogP contribution in [0.1, 0.15) is 19.4 Å². The Hall–Kier alpha value is -1.34. The third-order valence-corrected chi connectivity index (χ3v) is 2.04. The van der Waals surface area contributed by atoms with Gasteiger partial charge in [-0.1, -0.05) is 48.6 Å². The van der Waals surface area contributed by atoms with Gasteiger partial charge in [0.2, 0.25) is 0 Å². The van der Waals surface area contributed by atoms with Gasteiger partial charge < -0.3 is 5.11 Å². The van der Waals surface area contributed by atoms with Gasteiger partial charge in [-0.2, -0.15) is 0 Å². The molecule has 1 aromatic rings. The normalized spacial score (nSPS) is 14.6. The predicted octanol–water partition coefficient (Wildman–Crippen LogP) is 3.03. The molecule has 0 bridgehead atoms. The topological polar surface area (TPSA) is 20.2 Å². The van der Waals surface area contributed by atoms with Crippen LogP contribution in [-0.2, 0) is 0 Å². The van der Waals surface area contributed by atoms with Crippen LogP contribution in [0.25, 0.3) is 6.08 Å². The zero-order valence-corrected chi connectivity index (χ0v) is 8.64. The Bertz CT molecular complexity index is 322. The number of aliphatic hydroxyl groups excluding tert-OH is 1. The second kappa shape index (κ2) is 5.40. The Balaban J connectivity index is 2.78. The van der Waals surface area contributed by atoms with E-state index in [0.29, 0.717) is 0 Å². The lowest BCUT2D eigenvalue weighted by atomic mass is 10.1. The van der Waals surface area contributed by atoms with Gasteiger partial charge in [-0.15, -0.1) is 0 Å². The predicted molar refractivity (Wildman–Crippen MR) is 60.9 cm³/mol. The van der Waals surface area contributed by atoms with E-state index in [-0.39, 0.29) is 0 Å². The Morgan fingerprint density at radius 1 is 1.29 bits per heavy atom. The van der Waals surface area contributed by atoms with Gasteiger partial charge in [-0.25, -0.2) is 0 Å². The smallest absolute Gasteiger partial charge is 0.0932 e. The van der Waals surface area contributed by atoms with Gasteiger partial charge in [0.15, 0.2) is 0 Å². The molecule has 0 fully saturated rings. The molecule has 0 aliphatic carbocycles. The highest BCUT2D eigenvalue weighted by atomic mass is 16.3. The first kappa shape index (κ1) is 10.7. The van der Waals surface area contributed by atoms with Crippen molar-refractivity contribution in [2.24, 2.45) is 0 Å². The molecule has 0 aliphatic rings. The van der Waals surface area contributed by atoms with Gasteiger partial charge in [-0.3, -0.25) is 0 Å². The monoisotopic (exact) mass is 188 g/mol. The van der Waals surface area contributed by atoms with Crippen molar-refractivity contribution in [3.8, 4) is 0 Å². The molecule has 74 valence electrons. The molecule has 1 unspecified atom stereocenters. The molecule has 1 heteroatoms. The fourth-order valence-corrected chi connectivity index (χ4v) is 1.23. The fourth-order valence-electron chi connectivity index (χ4n) is 1.23. The van der Waals surface area contributed by atoms with E-state index in [1.165, 1.54) is 0 Å². The highest BCUT2D eigenvalue weighted by molar-refractivity contribution is 5.53. The van der Waals surface area contributed by atoms with E-state index in [9.17, 15) is 5.11 Å². The van der Waals surface area contributed by atoms with E-state index in [1.807, 2.05) is 56.3 Å². The molecule has 1 rings (SSSR count). The molecule has 14 heavy (non-hydrogen) atoms. The summed E-state index contributed by atoms with van der Waals surface area (Å²) in [6.45, 7) is 3.83. The summed E-state index contributed by atoms with van der Waals surface area (Å²) in [6.07, 6.45) is 5.15. The molecule has 0 aliphatic heterocycles. The quantitative estimate of drug-likeness (QED) is 0.723. The van der Waals surface area contributed by atoms with Gasteiger partial charge >= 0.3 is 0 Å². The van der Waals surface area contributed by atoms with Gasteiger partial charge in [0.25, 0.3) is 0 Å². The Labute approximate surface area is 85.4 Å².